The molecule has 1 N–H and O–H groups in total. The van der Waals surface area contributed by atoms with Crippen LogP contribution in [0, 0.1) is 5.92 Å². The monoisotopic (exact) mass is 230 g/mol. The highest BCUT2D eigenvalue weighted by Gasteiger charge is 2.03. The molecule has 2 heteroatoms. The molecule has 2 aromatic rings. The molecule has 0 spiro atoms. The lowest BCUT2D eigenvalue weighted by Gasteiger charge is -2.08. The van der Waals surface area contributed by atoms with Crippen LogP contribution < -0.4 is 5.32 Å². The Balaban J connectivity index is 2.22. The van der Waals surface area contributed by atoms with Crippen molar-refractivity contribution in [3.63, 3.8) is 0 Å². The Morgan fingerprint density at radius 2 is 2.06 bits per heavy atom. The van der Waals surface area contributed by atoms with Crippen molar-refractivity contribution in [3.05, 3.63) is 36.0 Å². The van der Waals surface area contributed by atoms with Gasteiger partial charge < -0.3 is 9.88 Å². The van der Waals surface area contributed by atoms with E-state index in [0.29, 0.717) is 0 Å². The van der Waals surface area contributed by atoms with E-state index < -0.39 is 0 Å². The normalized spacial score (nSPS) is 11.5. The molecule has 0 atom stereocenters. The van der Waals surface area contributed by atoms with Crippen molar-refractivity contribution >= 4 is 10.9 Å². The average molecular weight is 230 g/mol. The Morgan fingerprint density at radius 1 is 1.24 bits per heavy atom. The Bertz CT molecular complexity index is 483. The van der Waals surface area contributed by atoms with Gasteiger partial charge in [-0.25, -0.2) is 0 Å². The van der Waals surface area contributed by atoms with Gasteiger partial charge in [0.25, 0.3) is 0 Å². The summed E-state index contributed by atoms with van der Waals surface area (Å²) < 4.78 is 2.36. The van der Waals surface area contributed by atoms with Crippen LogP contribution in [0.2, 0.25) is 0 Å². The first-order valence-corrected chi connectivity index (χ1v) is 6.43. The van der Waals surface area contributed by atoms with Gasteiger partial charge >= 0.3 is 0 Å². The fraction of sp³-hybridized carbons (Fsp3) is 0.467. The van der Waals surface area contributed by atoms with Crippen molar-refractivity contribution in [2.24, 2.45) is 5.92 Å². The molecule has 2 rings (SSSR count). The maximum absolute atomic E-state index is 3.19. The molecule has 0 aliphatic carbocycles. The molecule has 2 nitrogen and oxygen atoms in total. The van der Waals surface area contributed by atoms with Gasteiger partial charge in [-0.3, -0.25) is 0 Å². The number of nitrogens with one attached hydrogen (secondary N) is 1. The smallest absolute Gasteiger partial charge is 0.0480 e. The molecular formula is C15H22N2. The average Bonchev–Trinajstić information content (AvgIpc) is 2.69. The van der Waals surface area contributed by atoms with Crippen molar-refractivity contribution in [1.82, 2.24) is 9.88 Å². The van der Waals surface area contributed by atoms with Gasteiger partial charge in [-0.05, 0) is 48.5 Å². The van der Waals surface area contributed by atoms with Gasteiger partial charge in [-0.1, -0.05) is 19.9 Å². The second kappa shape index (κ2) is 5.37. The lowest BCUT2D eigenvalue weighted by molar-refractivity contribution is 0.524. The molecule has 0 unspecified atom stereocenters. The Kier molecular flexibility index (Phi) is 3.85. The summed E-state index contributed by atoms with van der Waals surface area (Å²) in [6, 6.07) is 8.94. The highest BCUT2D eigenvalue weighted by molar-refractivity contribution is 5.80. The first-order valence-electron chi connectivity index (χ1n) is 6.43. The number of hydrogen-bond acceptors (Lipinski definition) is 1. The van der Waals surface area contributed by atoms with E-state index >= 15 is 0 Å². The van der Waals surface area contributed by atoms with Crippen LogP contribution in [-0.2, 0) is 13.1 Å². The van der Waals surface area contributed by atoms with E-state index in [9.17, 15) is 0 Å². The van der Waals surface area contributed by atoms with Crippen LogP contribution >= 0.6 is 0 Å². The summed E-state index contributed by atoms with van der Waals surface area (Å²) in [5, 5.41) is 4.54. The number of benzene rings is 1. The summed E-state index contributed by atoms with van der Waals surface area (Å²) in [5.74, 6) is 0.760. The van der Waals surface area contributed by atoms with E-state index in [4.69, 9.17) is 0 Å². The lowest BCUT2D eigenvalue weighted by Crippen LogP contribution is -2.04. The number of aromatic nitrogens is 1. The van der Waals surface area contributed by atoms with Crippen molar-refractivity contribution in [2.75, 3.05) is 7.05 Å². The van der Waals surface area contributed by atoms with Crippen LogP contribution in [0.4, 0.5) is 0 Å². The van der Waals surface area contributed by atoms with E-state index in [0.717, 1.165) is 19.0 Å². The fourth-order valence-electron chi connectivity index (χ4n) is 2.16. The van der Waals surface area contributed by atoms with E-state index in [1.807, 2.05) is 7.05 Å². The molecule has 92 valence electrons. The van der Waals surface area contributed by atoms with Crippen molar-refractivity contribution in [2.45, 2.75) is 33.4 Å². The van der Waals surface area contributed by atoms with Crippen molar-refractivity contribution in [3.8, 4) is 0 Å². The largest absolute Gasteiger partial charge is 0.347 e. The van der Waals surface area contributed by atoms with E-state index in [-0.39, 0.29) is 0 Å². The van der Waals surface area contributed by atoms with Crippen molar-refractivity contribution < 1.29 is 0 Å². The maximum atomic E-state index is 3.19. The number of hydrogen-bond donors (Lipinski definition) is 1. The summed E-state index contributed by atoms with van der Waals surface area (Å²) in [4.78, 5) is 0. The molecule has 0 aliphatic rings. The van der Waals surface area contributed by atoms with Crippen LogP contribution in [0.25, 0.3) is 10.9 Å². The van der Waals surface area contributed by atoms with Gasteiger partial charge in [-0.2, -0.15) is 0 Å². The predicted molar refractivity (Wildman–Crippen MR) is 74.2 cm³/mol. The second-order valence-corrected chi connectivity index (χ2v) is 5.12. The Hall–Kier alpha value is -1.28. The summed E-state index contributed by atoms with van der Waals surface area (Å²) in [5.41, 5.74) is 2.70. The molecule has 0 radical (unpaired) electrons. The molecule has 1 heterocycles. The van der Waals surface area contributed by atoms with Gasteiger partial charge in [-0.15, -0.1) is 0 Å². The van der Waals surface area contributed by atoms with Crippen molar-refractivity contribution in [1.29, 1.82) is 0 Å². The van der Waals surface area contributed by atoms with Gasteiger partial charge in [0.1, 0.15) is 0 Å². The van der Waals surface area contributed by atoms with Crippen LogP contribution in [0.3, 0.4) is 0 Å². The SMILES string of the molecule is CNCc1ccc2c(ccn2CCC(C)C)c1. The van der Waals surface area contributed by atoms with E-state index in [1.165, 1.54) is 22.9 Å². The third-order valence-corrected chi connectivity index (χ3v) is 3.16. The first-order chi connectivity index (χ1) is 8.20. The Labute approximate surface area is 104 Å². The van der Waals surface area contributed by atoms with Gasteiger partial charge in [0.2, 0.25) is 0 Å². The van der Waals surface area contributed by atoms with Crippen LogP contribution in [-0.4, -0.2) is 11.6 Å². The summed E-state index contributed by atoms with van der Waals surface area (Å²) in [6.45, 7) is 6.60. The molecule has 1 aromatic carbocycles. The Morgan fingerprint density at radius 3 is 2.76 bits per heavy atom. The zero-order valence-electron chi connectivity index (χ0n) is 11.0. The summed E-state index contributed by atoms with van der Waals surface area (Å²) in [6.07, 6.45) is 3.44. The molecular weight excluding hydrogens is 208 g/mol. The number of fused-ring (bicyclic) bond motifs is 1. The minimum Gasteiger partial charge on any atom is -0.347 e. The van der Waals surface area contributed by atoms with E-state index in [1.54, 1.807) is 0 Å². The fourth-order valence-corrected chi connectivity index (χ4v) is 2.16. The molecule has 0 bridgehead atoms. The van der Waals surface area contributed by atoms with Crippen LogP contribution in [0.5, 0.6) is 0 Å². The van der Waals surface area contributed by atoms with Crippen LogP contribution in [0.1, 0.15) is 25.8 Å². The highest BCUT2D eigenvalue weighted by atomic mass is 14.9. The molecule has 0 aliphatic heterocycles. The summed E-state index contributed by atoms with van der Waals surface area (Å²) in [7, 11) is 1.98. The standard InChI is InChI=1S/C15H22N2/c1-12(2)6-8-17-9-7-14-10-13(11-16-3)4-5-15(14)17/h4-5,7,9-10,12,16H,6,8,11H2,1-3H3. The molecule has 0 saturated carbocycles. The summed E-state index contributed by atoms with van der Waals surface area (Å²) >= 11 is 0. The highest BCUT2D eigenvalue weighted by Crippen LogP contribution is 2.18. The molecule has 17 heavy (non-hydrogen) atoms. The zero-order chi connectivity index (χ0) is 12.3. The molecule has 0 amide bonds. The zero-order valence-corrected chi connectivity index (χ0v) is 11.0. The number of aryl methyl sites for hydroxylation is 1. The minimum absolute atomic E-state index is 0.760. The van der Waals surface area contributed by atoms with Crippen LogP contribution in [0.15, 0.2) is 30.5 Å². The molecule has 0 fully saturated rings. The van der Waals surface area contributed by atoms with Gasteiger partial charge in [0, 0.05) is 24.8 Å². The minimum atomic E-state index is 0.760. The second-order valence-electron chi connectivity index (χ2n) is 5.12. The molecule has 0 saturated heterocycles. The molecule has 1 aromatic heterocycles. The lowest BCUT2D eigenvalue weighted by atomic mass is 10.1. The first kappa shape index (κ1) is 12.2. The third-order valence-electron chi connectivity index (χ3n) is 3.16. The number of rotatable bonds is 5. The predicted octanol–water partition coefficient (Wildman–Crippen LogP) is 3.41. The maximum Gasteiger partial charge on any atom is 0.0480 e. The van der Waals surface area contributed by atoms with E-state index in [2.05, 4.69) is 54.2 Å². The van der Waals surface area contributed by atoms with Gasteiger partial charge in [0.15, 0.2) is 0 Å². The topological polar surface area (TPSA) is 17.0 Å². The van der Waals surface area contributed by atoms with Gasteiger partial charge in [0.05, 0.1) is 0 Å². The third kappa shape index (κ3) is 2.89. The number of nitrogens with zero attached hydrogens (tertiary/aromatic N) is 1. The quantitative estimate of drug-likeness (QED) is 0.833.